The number of carbonyl (C=O) groups excluding carboxylic acids is 2. The molecule has 1 heterocycles. The van der Waals surface area contributed by atoms with Gasteiger partial charge in [-0.05, 0) is 17.7 Å². The summed E-state index contributed by atoms with van der Waals surface area (Å²) in [5.74, 6) is 1.14. The highest BCUT2D eigenvalue weighted by atomic mass is 16.6. The number of likely N-dealkylation sites (N-methyl/N-ethyl adjacent to an activating group) is 1. The number of methoxy groups -OCH3 is 2. The fraction of sp³-hybridized carbons (Fsp3) is 0.500. The maximum absolute atomic E-state index is 12.0. The maximum Gasteiger partial charge on any atom is 0.409 e. The number of rotatable bonds is 7. The molecule has 126 valence electrons. The van der Waals surface area contributed by atoms with Crippen molar-refractivity contribution in [1.82, 2.24) is 10.2 Å². The molecule has 1 aromatic rings. The van der Waals surface area contributed by atoms with Crippen LogP contribution >= 0.6 is 0 Å². The second-order valence-electron chi connectivity index (χ2n) is 5.39. The second-order valence-corrected chi connectivity index (χ2v) is 5.39. The van der Waals surface area contributed by atoms with E-state index in [1.165, 1.54) is 4.90 Å². The molecule has 0 saturated carbocycles. The van der Waals surface area contributed by atoms with E-state index in [1.807, 2.05) is 6.07 Å². The lowest BCUT2D eigenvalue weighted by Crippen LogP contribution is -2.29. The van der Waals surface area contributed by atoms with Gasteiger partial charge in [0.15, 0.2) is 11.5 Å². The SMILES string of the molecule is COc1ccc(CC(=O)NCCC2CN(C)C(=O)O2)cc1OC. The molecule has 1 fully saturated rings. The van der Waals surface area contributed by atoms with Crippen LogP contribution < -0.4 is 14.8 Å². The first kappa shape index (κ1) is 16.9. The Balaban J connectivity index is 1.77. The number of ether oxygens (including phenoxy) is 3. The molecule has 23 heavy (non-hydrogen) atoms. The summed E-state index contributed by atoms with van der Waals surface area (Å²) in [5, 5.41) is 2.83. The summed E-state index contributed by atoms with van der Waals surface area (Å²) in [6.07, 6.45) is 0.388. The molecular formula is C16H22N2O5. The lowest BCUT2D eigenvalue weighted by atomic mass is 10.1. The number of benzene rings is 1. The first-order valence-electron chi connectivity index (χ1n) is 7.43. The van der Waals surface area contributed by atoms with Crippen molar-refractivity contribution in [3.8, 4) is 11.5 Å². The largest absolute Gasteiger partial charge is 0.493 e. The molecule has 0 aliphatic carbocycles. The Hall–Kier alpha value is -2.44. The maximum atomic E-state index is 12.0. The van der Waals surface area contributed by atoms with Crippen LogP contribution in [-0.4, -0.2) is 57.4 Å². The topological polar surface area (TPSA) is 77.1 Å². The van der Waals surface area contributed by atoms with E-state index in [-0.39, 0.29) is 24.5 Å². The van der Waals surface area contributed by atoms with Crippen LogP contribution in [0.2, 0.25) is 0 Å². The molecule has 0 radical (unpaired) electrons. The van der Waals surface area contributed by atoms with E-state index >= 15 is 0 Å². The average Bonchev–Trinajstić information content (AvgIpc) is 2.85. The second kappa shape index (κ2) is 7.71. The average molecular weight is 322 g/mol. The van der Waals surface area contributed by atoms with Gasteiger partial charge < -0.3 is 24.4 Å². The molecule has 1 atom stereocenters. The monoisotopic (exact) mass is 322 g/mol. The quantitative estimate of drug-likeness (QED) is 0.816. The van der Waals surface area contributed by atoms with Crippen LogP contribution in [0.5, 0.6) is 11.5 Å². The molecule has 1 N–H and O–H groups in total. The normalized spacial score (nSPS) is 16.9. The molecule has 7 nitrogen and oxygen atoms in total. The van der Waals surface area contributed by atoms with Crippen LogP contribution in [0, 0.1) is 0 Å². The zero-order valence-corrected chi connectivity index (χ0v) is 13.6. The highest BCUT2D eigenvalue weighted by molar-refractivity contribution is 5.78. The Labute approximate surface area is 135 Å². The van der Waals surface area contributed by atoms with E-state index in [4.69, 9.17) is 14.2 Å². The van der Waals surface area contributed by atoms with E-state index < -0.39 is 0 Å². The van der Waals surface area contributed by atoms with Crippen LogP contribution in [0.1, 0.15) is 12.0 Å². The summed E-state index contributed by atoms with van der Waals surface area (Å²) in [6.45, 7) is 1.03. The van der Waals surface area contributed by atoms with Crippen molar-refractivity contribution in [3.05, 3.63) is 23.8 Å². The molecule has 1 aliphatic heterocycles. The third-order valence-electron chi connectivity index (χ3n) is 3.66. The smallest absolute Gasteiger partial charge is 0.409 e. The Bertz CT molecular complexity index is 576. The van der Waals surface area contributed by atoms with Gasteiger partial charge >= 0.3 is 6.09 Å². The van der Waals surface area contributed by atoms with Gasteiger partial charge in [-0.15, -0.1) is 0 Å². The van der Waals surface area contributed by atoms with Crippen molar-refractivity contribution in [2.75, 3.05) is 34.4 Å². The van der Waals surface area contributed by atoms with Crippen LogP contribution in [0.15, 0.2) is 18.2 Å². The van der Waals surface area contributed by atoms with Crippen LogP contribution in [0.4, 0.5) is 4.79 Å². The number of cyclic esters (lactones) is 1. The van der Waals surface area contributed by atoms with Gasteiger partial charge in [-0.3, -0.25) is 4.79 Å². The minimum Gasteiger partial charge on any atom is -0.493 e. The molecule has 7 heteroatoms. The fourth-order valence-corrected chi connectivity index (χ4v) is 2.41. The highest BCUT2D eigenvalue weighted by Gasteiger charge is 2.27. The molecule has 0 bridgehead atoms. The van der Waals surface area contributed by atoms with Crippen molar-refractivity contribution < 1.29 is 23.8 Å². The third kappa shape index (κ3) is 4.51. The summed E-state index contributed by atoms with van der Waals surface area (Å²) in [5.41, 5.74) is 0.840. The minimum atomic E-state index is -0.313. The van der Waals surface area contributed by atoms with Crippen LogP contribution in [0.3, 0.4) is 0 Å². The molecular weight excluding hydrogens is 300 g/mol. The molecule has 0 spiro atoms. The van der Waals surface area contributed by atoms with Gasteiger partial charge in [-0.1, -0.05) is 6.07 Å². The molecule has 1 unspecified atom stereocenters. The molecule has 1 saturated heterocycles. The number of amides is 2. The van der Waals surface area contributed by atoms with Gasteiger partial charge in [0.1, 0.15) is 6.10 Å². The van der Waals surface area contributed by atoms with Crippen molar-refractivity contribution >= 4 is 12.0 Å². The third-order valence-corrected chi connectivity index (χ3v) is 3.66. The summed E-state index contributed by atoms with van der Waals surface area (Å²) in [4.78, 5) is 24.7. The van der Waals surface area contributed by atoms with Gasteiger partial charge in [0, 0.05) is 20.0 Å². The number of nitrogens with one attached hydrogen (secondary N) is 1. The molecule has 0 aromatic heterocycles. The lowest BCUT2D eigenvalue weighted by molar-refractivity contribution is -0.120. The van der Waals surface area contributed by atoms with Crippen LogP contribution in [0.25, 0.3) is 0 Å². The number of hydrogen-bond acceptors (Lipinski definition) is 5. The summed E-state index contributed by atoms with van der Waals surface area (Å²) < 4.78 is 15.5. The summed E-state index contributed by atoms with van der Waals surface area (Å²) in [6, 6.07) is 5.38. The van der Waals surface area contributed by atoms with Crippen molar-refractivity contribution in [2.45, 2.75) is 18.9 Å². The molecule has 2 amide bonds. The van der Waals surface area contributed by atoms with Crippen molar-refractivity contribution in [2.24, 2.45) is 0 Å². The Morgan fingerprint density at radius 2 is 2.09 bits per heavy atom. The van der Waals surface area contributed by atoms with Gasteiger partial charge in [0.05, 0.1) is 27.2 Å². The Morgan fingerprint density at radius 1 is 1.35 bits per heavy atom. The number of carbonyl (C=O) groups is 2. The standard InChI is InChI=1S/C16H22N2O5/c1-18-10-12(23-16(18)20)6-7-17-15(19)9-11-4-5-13(21-2)14(8-11)22-3/h4-5,8,12H,6-7,9-10H2,1-3H3,(H,17,19). The predicted octanol–water partition coefficient (Wildman–Crippen LogP) is 1.20. The van der Waals surface area contributed by atoms with Crippen molar-refractivity contribution in [1.29, 1.82) is 0 Å². The zero-order chi connectivity index (χ0) is 16.8. The zero-order valence-electron chi connectivity index (χ0n) is 13.6. The predicted molar refractivity (Wildman–Crippen MR) is 83.8 cm³/mol. The van der Waals surface area contributed by atoms with E-state index in [0.29, 0.717) is 31.0 Å². The minimum absolute atomic E-state index is 0.0881. The van der Waals surface area contributed by atoms with Gasteiger partial charge in [0.2, 0.25) is 5.91 Å². The number of hydrogen-bond donors (Lipinski definition) is 1. The van der Waals surface area contributed by atoms with E-state index in [9.17, 15) is 9.59 Å². The van der Waals surface area contributed by atoms with E-state index in [0.717, 1.165) is 5.56 Å². The molecule has 1 aliphatic rings. The van der Waals surface area contributed by atoms with Gasteiger partial charge in [-0.25, -0.2) is 4.79 Å². The van der Waals surface area contributed by atoms with Gasteiger partial charge in [-0.2, -0.15) is 0 Å². The molecule has 2 rings (SSSR count). The first-order valence-corrected chi connectivity index (χ1v) is 7.43. The lowest BCUT2D eigenvalue weighted by Gasteiger charge is -2.11. The Kier molecular flexibility index (Phi) is 5.67. The fourth-order valence-electron chi connectivity index (χ4n) is 2.41. The number of nitrogens with zero attached hydrogens (tertiary/aromatic N) is 1. The summed E-state index contributed by atoms with van der Waals surface area (Å²) >= 11 is 0. The highest BCUT2D eigenvalue weighted by Crippen LogP contribution is 2.27. The van der Waals surface area contributed by atoms with Crippen LogP contribution in [-0.2, 0) is 16.0 Å². The summed E-state index contributed by atoms with van der Waals surface area (Å²) in [7, 11) is 4.82. The Morgan fingerprint density at radius 3 is 2.70 bits per heavy atom. The first-order chi connectivity index (χ1) is 11.0. The van der Waals surface area contributed by atoms with E-state index in [1.54, 1.807) is 33.4 Å². The van der Waals surface area contributed by atoms with Gasteiger partial charge in [0.25, 0.3) is 0 Å². The van der Waals surface area contributed by atoms with Crippen molar-refractivity contribution in [3.63, 3.8) is 0 Å². The molecule has 1 aromatic carbocycles. The van der Waals surface area contributed by atoms with E-state index in [2.05, 4.69) is 5.32 Å².